The van der Waals surface area contributed by atoms with Gasteiger partial charge in [0, 0.05) is 39.7 Å². The van der Waals surface area contributed by atoms with Crippen LogP contribution in [-0.4, -0.2) is 67.6 Å². The van der Waals surface area contributed by atoms with Crippen LogP contribution in [0.5, 0.6) is 0 Å². The number of hydrogen-bond acceptors (Lipinski definition) is 4. The molecule has 1 unspecified atom stereocenters. The summed E-state index contributed by atoms with van der Waals surface area (Å²) >= 11 is 0. The highest BCUT2D eigenvalue weighted by Crippen LogP contribution is 2.24. The molecule has 0 aliphatic carbocycles. The van der Waals surface area contributed by atoms with Crippen LogP contribution in [0.1, 0.15) is 19.3 Å². The standard InChI is InChI=1S/C13H23N3O3/c1-15(2)11(17)10-3-6-16(7-4-10)12(18)13(14)5-8-19-9-13/h10H,3-9,14H2,1-2H3. The van der Waals surface area contributed by atoms with Gasteiger partial charge < -0.3 is 20.3 Å². The van der Waals surface area contributed by atoms with Gasteiger partial charge in [-0.15, -0.1) is 0 Å². The van der Waals surface area contributed by atoms with Gasteiger partial charge in [0.15, 0.2) is 0 Å². The van der Waals surface area contributed by atoms with E-state index in [9.17, 15) is 9.59 Å². The molecule has 108 valence electrons. The van der Waals surface area contributed by atoms with Crippen LogP contribution in [0.3, 0.4) is 0 Å². The Balaban J connectivity index is 1.89. The largest absolute Gasteiger partial charge is 0.379 e. The lowest BCUT2D eigenvalue weighted by molar-refractivity contribution is -0.142. The molecule has 6 nitrogen and oxygen atoms in total. The molecule has 6 heteroatoms. The topological polar surface area (TPSA) is 75.9 Å². The van der Waals surface area contributed by atoms with Crippen LogP contribution in [0.15, 0.2) is 0 Å². The first-order valence-electron chi connectivity index (χ1n) is 6.81. The highest BCUT2D eigenvalue weighted by Gasteiger charge is 2.42. The minimum atomic E-state index is -0.849. The van der Waals surface area contributed by atoms with Crippen molar-refractivity contribution in [3.05, 3.63) is 0 Å². The third-order valence-electron chi connectivity index (χ3n) is 4.05. The molecule has 0 spiro atoms. The molecule has 2 saturated heterocycles. The van der Waals surface area contributed by atoms with Gasteiger partial charge >= 0.3 is 0 Å². The summed E-state index contributed by atoms with van der Waals surface area (Å²) in [6.07, 6.45) is 2.03. The molecule has 0 bridgehead atoms. The van der Waals surface area contributed by atoms with Gasteiger partial charge in [0.05, 0.1) is 6.61 Å². The van der Waals surface area contributed by atoms with Gasteiger partial charge in [-0.3, -0.25) is 9.59 Å². The van der Waals surface area contributed by atoms with Crippen LogP contribution in [0, 0.1) is 5.92 Å². The number of likely N-dealkylation sites (tertiary alicyclic amines) is 1. The summed E-state index contributed by atoms with van der Waals surface area (Å²) in [4.78, 5) is 27.6. The van der Waals surface area contributed by atoms with E-state index in [1.807, 2.05) is 0 Å². The van der Waals surface area contributed by atoms with Crippen molar-refractivity contribution in [2.45, 2.75) is 24.8 Å². The number of ether oxygens (including phenoxy) is 1. The summed E-state index contributed by atoms with van der Waals surface area (Å²) in [6, 6.07) is 0. The number of hydrogen-bond donors (Lipinski definition) is 1. The van der Waals surface area contributed by atoms with Gasteiger partial charge in [0.1, 0.15) is 5.54 Å². The van der Waals surface area contributed by atoms with E-state index in [0.717, 1.165) is 12.8 Å². The Bertz CT molecular complexity index is 356. The second kappa shape index (κ2) is 5.46. The molecule has 0 aromatic rings. The lowest BCUT2D eigenvalue weighted by atomic mass is 9.92. The Hall–Kier alpha value is -1.14. The first-order valence-corrected chi connectivity index (χ1v) is 6.81. The van der Waals surface area contributed by atoms with E-state index < -0.39 is 5.54 Å². The SMILES string of the molecule is CN(C)C(=O)C1CCN(C(=O)C2(N)CCOC2)CC1. The maximum absolute atomic E-state index is 12.4. The number of nitrogens with two attached hydrogens (primary N) is 1. The van der Waals surface area contributed by atoms with Crippen molar-refractivity contribution < 1.29 is 14.3 Å². The summed E-state index contributed by atoms with van der Waals surface area (Å²) in [6.45, 7) is 2.09. The average Bonchev–Trinajstić information content (AvgIpc) is 2.85. The lowest BCUT2D eigenvalue weighted by Crippen LogP contribution is -2.57. The van der Waals surface area contributed by atoms with E-state index in [4.69, 9.17) is 10.5 Å². The van der Waals surface area contributed by atoms with Crippen molar-refractivity contribution in [1.29, 1.82) is 0 Å². The van der Waals surface area contributed by atoms with Crippen molar-refractivity contribution in [2.75, 3.05) is 40.4 Å². The Kier molecular flexibility index (Phi) is 4.10. The predicted octanol–water partition coefficient (Wildman–Crippen LogP) is -0.569. The molecule has 0 aromatic heterocycles. The first kappa shape index (κ1) is 14.3. The third-order valence-corrected chi connectivity index (χ3v) is 4.05. The highest BCUT2D eigenvalue weighted by molar-refractivity contribution is 5.87. The molecule has 1 atom stereocenters. The second-order valence-corrected chi connectivity index (χ2v) is 5.76. The summed E-state index contributed by atoms with van der Waals surface area (Å²) in [7, 11) is 3.54. The average molecular weight is 269 g/mol. The highest BCUT2D eigenvalue weighted by atomic mass is 16.5. The zero-order chi connectivity index (χ0) is 14.0. The van der Waals surface area contributed by atoms with E-state index in [-0.39, 0.29) is 17.7 Å². The normalized spacial score (nSPS) is 28.5. The van der Waals surface area contributed by atoms with E-state index in [1.54, 1.807) is 23.9 Å². The molecule has 2 fully saturated rings. The zero-order valence-corrected chi connectivity index (χ0v) is 11.7. The van der Waals surface area contributed by atoms with Gasteiger partial charge in [-0.2, -0.15) is 0 Å². The molecule has 0 radical (unpaired) electrons. The third kappa shape index (κ3) is 2.90. The molecule has 2 aliphatic rings. The van der Waals surface area contributed by atoms with E-state index in [0.29, 0.717) is 32.7 Å². The van der Waals surface area contributed by atoms with Crippen LogP contribution in [0.25, 0.3) is 0 Å². The van der Waals surface area contributed by atoms with Crippen LogP contribution in [0.2, 0.25) is 0 Å². The minimum Gasteiger partial charge on any atom is -0.379 e. The summed E-state index contributed by atoms with van der Waals surface area (Å²) in [5, 5.41) is 0. The van der Waals surface area contributed by atoms with Gasteiger partial charge in [-0.25, -0.2) is 0 Å². The van der Waals surface area contributed by atoms with Gasteiger partial charge in [-0.1, -0.05) is 0 Å². The van der Waals surface area contributed by atoms with Crippen LogP contribution in [0.4, 0.5) is 0 Å². The van der Waals surface area contributed by atoms with Crippen molar-refractivity contribution >= 4 is 11.8 Å². The molecule has 2 N–H and O–H groups in total. The van der Waals surface area contributed by atoms with Crippen LogP contribution >= 0.6 is 0 Å². The summed E-state index contributed by atoms with van der Waals surface area (Å²) in [5.74, 6) is 0.159. The van der Waals surface area contributed by atoms with Crippen molar-refractivity contribution in [1.82, 2.24) is 9.80 Å². The predicted molar refractivity (Wildman–Crippen MR) is 70.4 cm³/mol. The number of amides is 2. The molecule has 0 saturated carbocycles. The fraction of sp³-hybridized carbons (Fsp3) is 0.846. The van der Waals surface area contributed by atoms with Crippen molar-refractivity contribution in [3.63, 3.8) is 0 Å². The second-order valence-electron chi connectivity index (χ2n) is 5.76. The number of rotatable bonds is 2. The molecule has 2 aliphatic heterocycles. The molecule has 2 rings (SSSR count). The Labute approximate surface area is 113 Å². The van der Waals surface area contributed by atoms with E-state index in [1.165, 1.54) is 0 Å². The molecule has 2 heterocycles. The number of carbonyl (C=O) groups is 2. The smallest absolute Gasteiger partial charge is 0.245 e. The zero-order valence-electron chi connectivity index (χ0n) is 11.7. The van der Waals surface area contributed by atoms with Crippen LogP contribution < -0.4 is 5.73 Å². The van der Waals surface area contributed by atoms with Gasteiger partial charge in [-0.05, 0) is 19.3 Å². The molecule has 0 aromatic carbocycles. The molecular weight excluding hydrogens is 246 g/mol. The minimum absolute atomic E-state index is 0.0271. The monoisotopic (exact) mass is 269 g/mol. The fourth-order valence-electron chi connectivity index (χ4n) is 2.76. The fourth-order valence-corrected chi connectivity index (χ4v) is 2.76. The lowest BCUT2D eigenvalue weighted by Gasteiger charge is -2.36. The summed E-state index contributed by atoms with van der Waals surface area (Å²) in [5.41, 5.74) is 5.24. The van der Waals surface area contributed by atoms with Crippen LogP contribution in [-0.2, 0) is 14.3 Å². The van der Waals surface area contributed by atoms with Gasteiger partial charge in [0.25, 0.3) is 0 Å². The number of piperidine rings is 1. The van der Waals surface area contributed by atoms with Crippen molar-refractivity contribution in [3.8, 4) is 0 Å². The number of nitrogens with zero attached hydrogens (tertiary/aromatic N) is 2. The quantitative estimate of drug-likeness (QED) is 0.728. The van der Waals surface area contributed by atoms with Gasteiger partial charge in [0.2, 0.25) is 11.8 Å². The first-order chi connectivity index (χ1) is 8.94. The Morgan fingerprint density at radius 1 is 1.32 bits per heavy atom. The van der Waals surface area contributed by atoms with Crippen molar-refractivity contribution in [2.24, 2.45) is 11.7 Å². The summed E-state index contributed by atoms with van der Waals surface area (Å²) < 4.78 is 5.23. The van der Waals surface area contributed by atoms with E-state index in [2.05, 4.69) is 0 Å². The van der Waals surface area contributed by atoms with E-state index >= 15 is 0 Å². The molecular formula is C13H23N3O3. The Morgan fingerprint density at radius 3 is 2.42 bits per heavy atom. The Morgan fingerprint density at radius 2 is 1.95 bits per heavy atom. The maximum Gasteiger partial charge on any atom is 0.245 e. The number of carbonyl (C=O) groups excluding carboxylic acids is 2. The molecule has 2 amide bonds. The maximum atomic E-state index is 12.4. The molecule has 19 heavy (non-hydrogen) atoms.